The molecule has 0 bridgehead atoms. The van der Waals surface area contributed by atoms with E-state index in [1.807, 2.05) is 6.07 Å². The number of hydrogen-bond acceptors (Lipinski definition) is 3. The molecule has 1 aromatic carbocycles. The number of piperidine rings is 1. The first kappa shape index (κ1) is 14.3. The molecule has 1 aliphatic heterocycles. The average Bonchev–Trinajstić information content (AvgIpc) is 2.38. The van der Waals surface area contributed by atoms with Gasteiger partial charge in [-0.3, -0.25) is 0 Å². The minimum Gasteiger partial charge on any atom is -0.380 e. The maximum absolute atomic E-state index is 14.1. The third-order valence-corrected chi connectivity index (χ3v) is 4.43. The molecule has 0 aromatic heterocycles. The van der Waals surface area contributed by atoms with E-state index in [9.17, 15) is 4.39 Å². The Bertz CT molecular complexity index is 512. The first-order valence-corrected chi connectivity index (χ1v) is 7.15. The van der Waals surface area contributed by atoms with Crippen LogP contribution in [-0.4, -0.2) is 31.1 Å². The summed E-state index contributed by atoms with van der Waals surface area (Å²) in [5.74, 6) is 0.0812. The summed E-state index contributed by atoms with van der Waals surface area (Å²) in [7, 11) is 2.10. The van der Waals surface area contributed by atoms with Crippen LogP contribution in [0.15, 0.2) is 16.6 Å². The maximum atomic E-state index is 14.1. The fourth-order valence-electron chi connectivity index (χ4n) is 2.52. The van der Waals surface area contributed by atoms with Gasteiger partial charge in [-0.25, -0.2) is 4.39 Å². The molecular weight excluding hydrogens is 309 g/mol. The lowest BCUT2D eigenvalue weighted by Gasteiger charge is -2.35. The van der Waals surface area contributed by atoms with E-state index in [0.717, 1.165) is 19.5 Å². The molecule has 2 rings (SSSR count). The van der Waals surface area contributed by atoms with E-state index in [2.05, 4.69) is 40.1 Å². The van der Waals surface area contributed by atoms with E-state index in [1.54, 1.807) is 12.1 Å². The number of nitrogens with one attached hydrogen (secondary N) is 1. The number of anilines is 1. The fourth-order valence-corrected chi connectivity index (χ4v) is 2.95. The number of nitriles is 1. The summed E-state index contributed by atoms with van der Waals surface area (Å²) in [6.45, 7) is 4.20. The van der Waals surface area contributed by atoms with Crippen LogP contribution >= 0.6 is 15.9 Å². The first-order chi connectivity index (χ1) is 9.02. The summed E-state index contributed by atoms with van der Waals surface area (Å²) in [6.07, 6.45) is 0.995. The van der Waals surface area contributed by atoms with Gasteiger partial charge in [-0.1, -0.05) is 6.92 Å². The van der Waals surface area contributed by atoms with Crippen LogP contribution in [0.5, 0.6) is 0 Å². The van der Waals surface area contributed by atoms with Gasteiger partial charge in [0.25, 0.3) is 0 Å². The minimum absolute atomic E-state index is 0.237. The molecule has 0 spiro atoms. The normalized spacial score (nSPS) is 23.9. The predicted octanol–water partition coefficient (Wildman–Crippen LogP) is 3.21. The smallest absolute Gasteiger partial charge is 0.161 e. The van der Waals surface area contributed by atoms with E-state index in [4.69, 9.17) is 5.26 Å². The zero-order chi connectivity index (χ0) is 14.0. The Labute approximate surface area is 121 Å². The molecule has 1 aliphatic rings. The third-order valence-electron chi connectivity index (χ3n) is 3.65. The summed E-state index contributed by atoms with van der Waals surface area (Å²) in [4.78, 5) is 2.29. The molecule has 0 amide bonds. The van der Waals surface area contributed by atoms with E-state index in [0.29, 0.717) is 17.2 Å². The van der Waals surface area contributed by atoms with Gasteiger partial charge in [-0.05, 0) is 54.0 Å². The summed E-state index contributed by atoms with van der Waals surface area (Å²) in [6, 6.07) is 5.51. The summed E-state index contributed by atoms with van der Waals surface area (Å²) >= 11 is 3.13. The first-order valence-electron chi connectivity index (χ1n) is 6.36. The van der Waals surface area contributed by atoms with Gasteiger partial charge in [0.15, 0.2) is 5.82 Å². The van der Waals surface area contributed by atoms with Crippen molar-refractivity contribution in [1.82, 2.24) is 4.90 Å². The van der Waals surface area contributed by atoms with Gasteiger partial charge in [-0.15, -0.1) is 0 Å². The van der Waals surface area contributed by atoms with Gasteiger partial charge in [0, 0.05) is 12.6 Å². The van der Waals surface area contributed by atoms with E-state index >= 15 is 0 Å². The van der Waals surface area contributed by atoms with Crippen LogP contribution in [0, 0.1) is 23.1 Å². The highest BCUT2D eigenvalue weighted by Gasteiger charge is 2.25. The standard InChI is InChI=1S/C14H17BrFN3/c1-9-8-19(2)6-5-11(9)18-12-4-3-10(7-17)13(15)14(12)16/h3-4,9,11,18H,5-6,8H2,1-2H3. The largest absolute Gasteiger partial charge is 0.380 e. The molecule has 0 radical (unpaired) electrons. The van der Waals surface area contributed by atoms with Crippen LogP contribution < -0.4 is 5.32 Å². The van der Waals surface area contributed by atoms with Crippen molar-refractivity contribution in [1.29, 1.82) is 5.26 Å². The lowest BCUT2D eigenvalue weighted by molar-refractivity contribution is 0.206. The Morgan fingerprint density at radius 1 is 1.53 bits per heavy atom. The van der Waals surface area contributed by atoms with Crippen molar-refractivity contribution in [3.05, 3.63) is 28.0 Å². The van der Waals surface area contributed by atoms with Crippen LogP contribution in [-0.2, 0) is 0 Å². The maximum Gasteiger partial charge on any atom is 0.161 e. The number of nitrogens with zero attached hydrogens (tertiary/aromatic N) is 2. The van der Waals surface area contributed by atoms with E-state index < -0.39 is 0 Å². The second-order valence-electron chi connectivity index (χ2n) is 5.18. The number of likely N-dealkylation sites (tertiary alicyclic amines) is 1. The molecule has 1 N–H and O–H groups in total. The highest BCUT2D eigenvalue weighted by Crippen LogP contribution is 2.29. The van der Waals surface area contributed by atoms with Crippen molar-refractivity contribution in [2.45, 2.75) is 19.4 Å². The highest BCUT2D eigenvalue weighted by molar-refractivity contribution is 9.10. The topological polar surface area (TPSA) is 39.1 Å². The third kappa shape index (κ3) is 3.07. The lowest BCUT2D eigenvalue weighted by Crippen LogP contribution is -2.43. The second kappa shape index (κ2) is 5.89. The predicted molar refractivity (Wildman–Crippen MR) is 77.5 cm³/mol. The molecule has 0 saturated carbocycles. The summed E-state index contributed by atoms with van der Waals surface area (Å²) < 4.78 is 14.4. The molecule has 19 heavy (non-hydrogen) atoms. The quantitative estimate of drug-likeness (QED) is 0.907. The van der Waals surface area contributed by atoms with Crippen molar-refractivity contribution < 1.29 is 4.39 Å². The Morgan fingerprint density at radius 3 is 2.89 bits per heavy atom. The molecule has 1 saturated heterocycles. The molecule has 0 aliphatic carbocycles. The van der Waals surface area contributed by atoms with Gasteiger partial charge in [-0.2, -0.15) is 5.26 Å². The van der Waals surface area contributed by atoms with Crippen LogP contribution in [0.2, 0.25) is 0 Å². The molecular formula is C14H17BrFN3. The minimum atomic E-state index is -0.384. The van der Waals surface area contributed by atoms with Crippen molar-refractivity contribution in [2.24, 2.45) is 5.92 Å². The Hall–Kier alpha value is -1.12. The van der Waals surface area contributed by atoms with Gasteiger partial charge in [0.05, 0.1) is 15.7 Å². The number of rotatable bonds is 2. The zero-order valence-corrected chi connectivity index (χ0v) is 12.7. The van der Waals surface area contributed by atoms with E-state index in [1.165, 1.54) is 0 Å². The fraction of sp³-hybridized carbons (Fsp3) is 0.500. The molecule has 5 heteroatoms. The highest BCUT2D eigenvalue weighted by atomic mass is 79.9. The van der Waals surface area contributed by atoms with Gasteiger partial charge in [0.1, 0.15) is 6.07 Å². The van der Waals surface area contributed by atoms with Crippen molar-refractivity contribution in [3.63, 3.8) is 0 Å². The van der Waals surface area contributed by atoms with Gasteiger partial charge in [0.2, 0.25) is 0 Å². The van der Waals surface area contributed by atoms with Crippen molar-refractivity contribution in [2.75, 3.05) is 25.5 Å². The molecule has 1 heterocycles. The Morgan fingerprint density at radius 2 is 2.26 bits per heavy atom. The Balaban J connectivity index is 2.16. The molecule has 1 aromatic rings. The SMILES string of the molecule is CC1CN(C)CCC1Nc1ccc(C#N)c(Br)c1F. The average molecular weight is 326 g/mol. The monoisotopic (exact) mass is 325 g/mol. The number of benzene rings is 1. The van der Waals surface area contributed by atoms with Gasteiger partial charge >= 0.3 is 0 Å². The summed E-state index contributed by atoms with van der Waals surface area (Å²) in [5.41, 5.74) is 0.784. The zero-order valence-electron chi connectivity index (χ0n) is 11.1. The van der Waals surface area contributed by atoms with Crippen LogP contribution in [0.1, 0.15) is 18.9 Å². The molecule has 2 unspecified atom stereocenters. The molecule has 3 nitrogen and oxygen atoms in total. The van der Waals surface area contributed by atoms with Crippen LogP contribution in [0.3, 0.4) is 0 Å². The van der Waals surface area contributed by atoms with Gasteiger partial charge < -0.3 is 10.2 Å². The van der Waals surface area contributed by atoms with Crippen LogP contribution in [0.25, 0.3) is 0 Å². The Kier molecular flexibility index (Phi) is 4.43. The summed E-state index contributed by atoms with van der Waals surface area (Å²) in [5, 5.41) is 12.1. The second-order valence-corrected chi connectivity index (χ2v) is 5.97. The number of hydrogen-bond donors (Lipinski definition) is 1. The molecule has 1 fully saturated rings. The molecule has 2 atom stereocenters. The lowest BCUT2D eigenvalue weighted by atomic mass is 9.94. The van der Waals surface area contributed by atoms with E-state index in [-0.39, 0.29) is 16.3 Å². The van der Waals surface area contributed by atoms with Crippen molar-refractivity contribution in [3.8, 4) is 6.07 Å². The number of halogens is 2. The van der Waals surface area contributed by atoms with Crippen molar-refractivity contribution >= 4 is 21.6 Å². The van der Waals surface area contributed by atoms with Crippen LogP contribution in [0.4, 0.5) is 10.1 Å². The molecule has 102 valence electrons.